The second-order valence-electron chi connectivity index (χ2n) is 7.02. The van der Waals surface area contributed by atoms with Crippen molar-refractivity contribution < 1.29 is 14.3 Å². The number of carbonyl (C=O) groups is 1. The van der Waals surface area contributed by atoms with Crippen LogP contribution in [0.4, 0.5) is 10.1 Å². The number of rotatable bonds is 4. The van der Waals surface area contributed by atoms with E-state index >= 15 is 0 Å². The smallest absolute Gasteiger partial charge is 0.341 e. The van der Waals surface area contributed by atoms with Gasteiger partial charge in [-0.1, -0.05) is 6.58 Å². The average molecular weight is 357 g/mol. The van der Waals surface area contributed by atoms with Crippen LogP contribution < -0.4 is 15.6 Å². The molecule has 136 valence electrons. The number of carboxylic acids is 1. The molecule has 2 N–H and O–H groups in total. The third-order valence-electron chi connectivity index (χ3n) is 5.25. The van der Waals surface area contributed by atoms with E-state index in [0.717, 1.165) is 18.4 Å². The van der Waals surface area contributed by atoms with Gasteiger partial charge in [0.15, 0.2) is 0 Å². The van der Waals surface area contributed by atoms with Gasteiger partial charge in [-0.3, -0.25) is 4.79 Å². The molecule has 1 atom stereocenters. The van der Waals surface area contributed by atoms with Gasteiger partial charge in [-0.15, -0.1) is 0 Å². The number of aromatic nitrogens is 1. The first-order valence-corrected chi connectivity index (χ1v) is 8.62. The third kappa shape index (κ3) is 2.59. The summed E-state index contributed by atoms with van der Waals surface area (Å²) in [7, 11) is 1.84. The minimum atomic E-state index is -1.29. The number of fused-ring (bicyclic) bond motifs is 1. The summed E-state index contributed by atoms with van der Waals surface area (Å²) >= 11 is 0. The molecule has 7 heteroatoms. The number of hydrogen-bond acceptors (Lipinski definition) is 4. The topological polar surface area (TPSA) is 74.6 Å². The minimum absolute atomic E-state index is 0.0881. The van der Waals surface area contributed by atoms with E-state index in [1.165, 1.54) is 12.3 Å². The summed E-state index contributed by atoms with van der Waals surface area (Å²) in [5, 5.41) is 12.6. The number of anilines is 1. The highest BCUT2D eigenvalue weighted by Crippen LogP contribution is 2.38. The van der Waals surface area contributed by atoms with Gasteiger partial charge < -0.3 is 19.9 Å². The normalized spacial score (nSPS) is 20.2. The molecule has 1 unspecified atom stereocenters. The van der Waals surface area contributed by atoms with Crippen molar-refractivity contribution in [1.29, 1.82) is 0 Å². The van der Waals surface area contributed by atoms with Gasteiger partial charge in [0.1, 0.15) is 11.4 Å². The summed E-state index contributed by atoms with van der Waals surface area (Å²) in [6, 6.07) is 3.09. The molecule has 0 bridgehead atoms. The van der Waals surface area contributed by atoms with Crippen molar-refractivity contribution >= 4 is 22.6 Å². The molecule has 1 saturated carbocycles. The second-order valence-corrected chi connectivity index (χ2v) is 7.02. The number of likely N-dealkylation sites (N-methyl/N-ethyl adjacent to an activating group) is 1. The van der Waals surface area contributed by atoms with E-state index in [-0.39, 0.29) is 23.0 Å². The van der Waals surface area contributed by atoms with Crippen molar-refractivity contribution in [3.05, 3.63) is 52.1 Å². The Labute approximate surface area is 149 Å². The first-order chi connectivity index (χ1) is 12.4. The maximum Gasteiger partial charge on any atom is 0.341 e. The third-order valence-corrected chi connectivity index (χ3v) is 5.25. The lowest BCUT2D eigenvalue weighted by Gasteiger charge is -2.21. The minimum Gasteiger partial charge on any atom is -0.477 e. The van der Waals surface area contributed by atoms with Crippen molar-refractivity contribution in [2.75, 3.05) is 25.0 Å². The molecule has 0 spiro atoms. The van der Waals surface area contributed by atoms with Crippen LogP contribution >= 0.6 is 0 Å². The summed E-state index contributed by atoms with van der Waals surface area (Å²) in [5.74, 6) is -1.81. The van der Waals surface area contributed by atoms with Crippen molar-refractivity contribution in [2.24, 2.45) is 0 Å². The van der Waals surface area contributed by atoms with E-state index in [2.05, 4.69) is 11.9 Å². The molecule has 2 aliphatic rings. The average Bonchev–Trinajstić information content (AvgIpc) is 3.37. The predicted molar refractivity (Wildman–Crippen MR) is 97.6 cm³/mol. The quantitative estimate of drug-likeness (QED) is 0.820. The highest BCUT2D eigenvalue weighted by atomic mass is 19.1. The molecule has 0 radical (unpaired) electrons. The summed E-state index contributed by atoms with van der Waals surface area (Å²) in [5.41, 5.74) is 1.01. The number of halogens is 1. The zero-order valence-electron chi connectivity index (χ0n) is 14.5. The van der Waals surface area contributed by atoms with Gasteiger partial charge in [-0.25, -0.2) is 9.18 Å². The van der Waals surface area contributed by atoms with Crippen LogP contribution in [0.3, 0.4) is 0 Å². The predicted octanol–water partition coefficient (Wildman–Crippen LogP) is 2.14. The fourth-order valence-corrected chi connectivity index (χ4v) is 3.66. The molecular weight excluding hydrogens is 337 g/mol. The SMILES string of the molecule is C=C1CN(c2cc3c(cc2F)c(=O)c(C(=O)O)cn3C2CC2)CC1NC. The molecule has 4 rings (SSSR count). The van der Waals surface area contributed by atoms with E-state index in [4.69, 9.17) is 0 Å². The number of nitrogens with one attached hydrogen (secondary N) is 1. The largest absolute Gasteiger partial charge is 0.477 e. The molecule has 6 nitrogen and oxygen atoms in total. The van der Waals surface area contributed by atoms with Gasteiger partial charge in [0.2, 0.25) is 5.43 Å². The van der Waals surface area contributed by atoms with Gasteiger partial charge in [-0.2, -0.15) is 0 Å². The molecule has 2 fully saturated rings. The Morgan fingerprint density at radius 1 is 1.38 bits per heavy atom. The summed E-state index contributed by atoms with van der Waals surface area (Å²) < 4.78 is 16.6. The number of nitrogens with zero attached hydrogens (tertiary/aromatic N) is 2. The lowest BCUT2D eigenvalue weighted by molar-refractivity contribution is 0.0695. The molecule has 1 saturated heterocycles. The molecule has 0 amide bonds. The Morgan fingerprint density at radius 2 is 2.12 bits per heavy atom. The van der Waals surface area contributed by atoms with Crippen molar-refractivity contribution in [2.45, 2.75) is 24.9 Å². The lowest BCUT2D eigenvalue weighted by atomic mass is 10.1. The van der Waals surface area contributed by atoms with Gasteiger partial charge >= 0.3 is 5.97 Å². The molecule has 26 heavy (non-hydrogen) atoms. The van der Waals surface area contributed by atoms with Crippen molar-refractivity contribution in [3.63, 3.8) is 0 Å². The highest BCUT2D eigenvalue weighted by Gasteiger charge is 2.30. The van der Waals surface area contributed by atoms with Crippen LogP contribution in [-0.2, 0) is 0 Å². The van der Waals surface area contributed by atoms with Crippen molar-refractivity contribution in [3.8, 4) is 0 Å². The molecule has 1 aromatic heterocycles. The Morgan fingerprint density at radius 3 is 2.69 bits per heavy atom. The molecule has 1 aromatic carbocycles. The molecule has 2 aromatic rings. The van der Waals surface area contributed by atoms with E-state index in [9.17, 15) is 19.1 Å². The standard InChI is InChI=1S/C19H20FN3O3/c1-10-7-22(9-15(10)21-2)17-6-16-12(5-14(17)20)18(24)13(19(25)26)8-23(16)11-3-4-11/h5-6,8,11,15,21H,1,3-4,7,9H2,2H3,(H,25,26). The lowest BCUT2D eigenvalue weighted by Crippen LogP contribution is -2.30. The molecule has 2 heterocycles. The zero-order valence-corrected chi connectivity index (χ0v) is 14.5. The second kappa shape index (κ2) is 5.95. The van der Waals surface area contributed by atoms with Crippen LogP contribution in [0.15, 0.2) is 35.3 Å². The van der Waals surface area contributed by atoms with Crippen LogP contribution in [0.25, 0.3) is 10.9 Å². The van der Waals surface area contributed by atoms with Crippen LogP contribution in [0.1, 0.15) is 29.2 Å². The van der Waals surface area contributed by atoms with Gasteiger partial charge in [0.05, 0.1) is 11.2 Å². The van der Waals surface area contributed by atoms with E-state index in [1.807, 2.05) is 16.5 Å². The molecule has 1 aliphatic carbocycles. The van der Waals surface area contributed by atoms with Gasteiger partial charge in [-0.05, 0) is 37.6 Å². The first kappa shape index (κ1) is 16.8. The Kier molecular flexibility index (Phi) is 3.84. The number of pyridine rings is 1. The van der Waals surface area contributed by atoms with Crippen molar-refractivity contribution in [1.82, 2.24) is 9.88 Å². The Balaban J connectivity index is 1.90. The first-order valence-electron chi connectivity index (χ1n) is 8.62. The molecular formula is C19H20FN3O3. The van der Waals surface area contributed by atoms with Gasteiger partial charge in [0.25, 0.3) is 0 Å². The highest BCUT2D eigenvalue weighted by molar-refractivity contribution is 5.93. The van der Waals surface area contributed by atoms with Crippen LogP contribution in [-0.4, -0.2) is 41.8 Å². The number of carboxylic acid groups (broad SMARTS) is 1. The summed E-state index contributed by atoms with van der Waals surface area (Å²) in [6.45, 7) is 5.16. The van der Waals surface area contributed by atoms with Gasteiger partial charge in [0, 0.05) is 36.8 Å². The number of aromatic carboxylic acids is 1. The maximum atomic E-state index is 14.8. The fraction of sp³-hybridized carbons (Fsp3) is 0.368. The van der Waals surface area contributed by atoms with Crippen LogP contribution in [0.2, 0.25) is 0 Å². The Hall–Kier alpha value is -2.67. The van der Waals surface area contributed by atoms with E-state index in [1.54, 1.807) is 6.07 Å². The number of hydrogen-bond donors (Lipinski definition) is 2. The maximum absolute atomic E-state index is 14.8. The summed E-state index contributed by atoms with van der Waals surface area (Å²) in [4.78, 5) is 25.8. The monoisotopic (exact) mass is 357 g/mol. The molecule has 1 aliphatic heterocycles. The van der Waals surface area contributed by atoms with Crippen LogP contribution in [0.5, 0.6) is 0 Å². The Bertz CT molecular complexity index is 994. The zero-order chi connectivity index (χ0) is 18.6. The number of benzene rings is 1. The fourth-order valence-electron chi connectivity index (χ4n) is 3.66. The van der Waals surface area contributed by atoms with Crippen LogP contribution in [0, 0.1) is 5.82 Å². The summed E-state index contributed by atoms with van der Waals surface area (Å²) in [6.07, 6.45) is 3.24. The van der Waals surface area contributed by atoms with E-state index < -0.39 is 17.2 Å². The van der Waals surface area contributed by atoms with E-state index in [0.29, 0.717) is 24.3 Å².